The molecule has 0 bridgehead atoms. The van der Waals surface area contributed by atoms with Gasteiger partial charge in [0, 0.05) is 5.57 Å². The first-order valence-electron chi connectivity index (χ1n) is 9.66. The molecular weight excluding hydrogens is 396 g/mol. The maximum atomic E-state index is 13.3. The van der Waals surface area contributed by atoms with Crippen LogP contribution < -0.4 is 14.2 Å². The van der Waals surface area contributed by atoms with Crippen LogP contribution in [0, 0.1) is 0 Å². The van der Waals surface area contributed by atoms with E-state index in [-0.39, 0.29) is 5.78 Å². The molecule has 1 aliphatic heterocycles. The number of benzene rings is 3. The maximum Gasteiger partial charge on any atom is 0.341 e. The minimum atomic E-state index is -1.08. The van der Waals surface area contributed by atoms with Crippen molar-refractivity contribution in [1.29, 1.82) is 0 Å². The van der Waals surface area contributed by atoms with Crippen LogP contribution >= 0.6 is 0 Å². The zero-order valence-corrected chi connectivity index (χ0v) is 16.8. The Morgan fingerprint density at radius 1 is 1.03 bits per heavy atom. The fraction of sp³-hybridized carbons (Fsp3) is 0.120. The normalized spacial score (nSPS) is 16.4. The van der Waals surface area contributed by atoms with E-state index in [1.165, 1.54) is 7.11 Å². The molecule has 1 heterocycles. The quantitative estimate of drug-likeness (QED) is 0.594. The Balaban J connectivity index is 1.76. The van der Waals surface area contributed by atoms with Crippen LogP contribution in [0.2, 0.25) is 0 Å². The highest BCUT2D eigenvalue weighted by Gasteiger charge is 2.32. The number of hydrogen-bond donors (Lipinski definition) is 1. The number of methoxy groups -OCH3 is 1. The summed E-state index contributed by atoms with van der Waals surface area (Å²) in [5.41, 5.74) is 2.57. The average molecular weight is 416 g/mol. The van der Waals surface area contributed by atoms with E-state index in [4.69, 9.17) is 19.3 Å². The lowest BCUT2D eigenvalue weighted by molar-refractivity contribution is -0.139. The molecule has 0 saturated carbocycles. The molecule has 1 atom stereocenters. The molecule has 0 radical (unpaired) electrons. The number of carbonyl (C=O) groups is 2. The van der Waals surface area contributed by atoms with Crippen molar-refractivity contribution in [3.05, 3.63) is 95.1 Å². The zero-order chi connectivity index (χ0) is 21.8. The van der Waals surface area contributed by atoms with Gasteiger partial charge < -0.3 is 19.3 Å². The van der Waals surface area contributed by atoms with Gasteiger partial charge in [-0.15, -0.1) is 0 Å². The highest BCUT2D eigenvalue weighted by atomic mass is 16.5. The van der Waals surface area contributed by atoms with E-state index >= 15 is 0 Å². The molecule has 0 unspecified atom stereocenters. The molecule has 0 saturated heterocycles. The molecule has 3 aromatic carbocycles. The Morgan fingerprint density at radius 3 is 2.52 bits per heavy atom. The van der Waals surface area contributed by atoms with Crippen molar-refractivity contribution in [2.24, 2.45) is 0 Å². The van der Waals surface area contributed by atoms with Gasteiger partial charge in [0.1, 0.15) is 5.75 Å². The maximum absolute atomic E-state index is 13.3. The zero-order valence-electron chi connectivity index (χ0n) is 16.8. The van der Waals surface area contributed by atoms with Crippen LogP contribution in [0.15, 0.2) is 78.4 Å². The number of carbonyl (C=O) groups excluding carboxylic acids is 1. The van der Waals surface area contributed by atoms with Gasteiger partial charge in [0.2, 0.25) is 0 Å². The smallest absolute Gasteiger partial charge is 0.341 e. The minimum Gasteiger partial charge on any atom is -0.493 e. The van der Waals surface area contributed by atoms with Gasteiger partial charge in [0.05, 0.1) is 12.7 Å². The molecule has 4 rings (SSSR count). The summed E-state index contributed by atoms with van der Waals surface area (Å²) in [6, 6.07) is 21.8. The molecule has 31 heavy (non-hydrogen) atoms. The fourth-order valence-corrected chi connectivity index (χ4v) is 3.45. The summed E-state index contributed by atoms with van der Waals surface area (Å²) in [5.74, 6) is 0.0385. The summed E-state index contributed by atoms with van der Waals surface area (Å²) in [5, 5.41) is 8.83. The number of rotatable bonds is 6. The van der Waals surface area contributed by atoms with Crippen molar-refractivity contribution in [3.8, 4) is 17.2 Å². The van der Waals surface area contributed by atoms with Crippen molar-refractivity contribution in [1.82, 2.24) is 0 Å². The van der Waals surface area contributed by atoms with Gasteiger partial charge in [-0.2, -0.15) is 0 Å². The van der Waals surface area contributed by atoms with E-state index in [1.54, 1.807) is 42.5 Å². The van der Waals surface area contributed by atoms with Gasteiger partial charge >= 0.3 is 5.97 Å². The van der Waals surface area contributed by atoms with E-state index < -0.39 is 18.7 Å². The van der Waals surface area contributed by atoms with E-state index in [2.05, 4.69) is 0 Å². The molecule has 0 spiro atoms. The predicted octanol–water partition coefficient (Wildman–Crippen LogP) is 4.56. The van der Waals surface area contributed by atoms with E-state index in [0.29, 0.717) is 33.9 Å². The summed E-state index contributed by atoms with van der Waals surface area (Å²) in [6.45, 7) is -0.476. The lowest BCUT2D eigenvalue weighted by atomic mass is 9.89. The summed E-state index contributed by atoms with van der Waals surface area (Å²) < 4.78 is 16.8. The van der Waals surface area contributed by atoms with Gasteiger partial charge in [-0.3, -0.25) is 4.79 Å². The molecule has 156 valence electrons. The van der Waals surface area contributed by atoms with Gasteiger partial charge in [-0.05, 0) is 41.5 Å². The number of ether oxygens (including phenoxy) is 3. The first kappa shape index (κ1) is 20.2. The molecule has 0 aromatic heterocycles. The van der Waals surface area contributed by atoms with Crippen LogP contribution in [-0.4, -0.2) is 30.6 Å². The SMILES string of the molecule is COc1cc(/C=C2/C(=O)c3ccccc3O[C@H]2c2ccccc2)ccc1OCC(=O)O. The Labute approximate surface area is 179 Å². The van der Waals surface area contributed by atoms with Crippen LogP contribution in [0.1, 0.15) is 27.6 Å². The third-order valence-corrected chi connectivity index (χ3v) is 4.88. The number of Topliss-reactive ketones (excluding diaryl/α,β-unsaturated/α-hetero) is 1. The summed E-state index contributed by atoms with van der Waals surface area (Å²) in [4.78, 5) is 24.1. The van der Waals surface area contributed by atoms with Gasteiger partial charge in [0.15, 0.2) is 30.0 Å². The molecule has 1 N–H and O–H groups in total. The van der Waals surface area contributed by atoms with Gasteiger partial charge in [-0.25, -0.2) is 4.79 Å². The number of carboxylic acids is 1. The number of carboxylic acid groups (broad SMARTS) is 1. The Bertz CT molecular complexity index is 1150. The third-order valence-electron chi connectivity index (χ3n) is 4.88. The molecule has 0 aliphatic carbocycles. The van der Waals surface area contributed by atoms with Crippen LogP contribution in [0.5, 0.6) is 17.2 Å². The Morgan fingerprint density at radius 2 is 1.77 bits per heavy atom. The van der Waals surface area contributed by atoms with Crippen molar-refractivity contribution >= 4 is 17.8 Å². The second-order valence-corrected chi connectivity index (χ2v) is 6.93. The van der Waals surface area contributed by atoms with Crippen molar-refractivity contribution < 1.29 is 28.9 Å². The molecule has 1 aliphatic rings. The summed E-state index contributed by atoms with van der Waals surface area (Å²) >= 11 is 0. The minimum absolute atomic E-state index is 0.110. The molecular formula is C25H20O6. The van der Waals surface area contributed by atoms with E-state index in [1.807, 2.05) is 36.4 Å². The standard InChI is InChI=1S/C25H20O6/c1-29-22-14-16(11-12-21(22)30-15-23(26)27)13-19-24(28)18-9-5-6-10-20(18)31-25(19)17-7-3-2-4-8-17/h2-14,25H,15H2,1H3,(H,26,27)/b19-13-/t25-/m0/s1. The predicted molar refractivity (Wildman–Crippen MR) is 115 cm³/mol. The molecule has 3 aromatic rings. The first-order valence-corrected chi connectivity index (χ1v) is 9.66. The van der Waals surface area contributed by atoms with Crippen molar-refractivity contribution in [2.75, 3.05) is 13.7 Å². The lowest BCUT2D eigenvalue weighted by Gasteiger charge is -2.28. The topological polar surface area (TPSA) is 82.1 Å². The molecule has 0 amide bonds. The third kappa shape index (κ3) is 4.28. The van der Waals surface area contributed by atoms with Crippen LogP contribution in [-0.2, 0) is 4.79 Å². The fourth-order valence-electron chi connectivity index (χ4n) is 3.45. The first-order chi connectivity index (χ1) is 15.1. The molecule has 0 fully saturated rings. The lowest BCUT2D eigenvalue weighted by Crippen LogP contribution is -2.23. The monoisotopic (exact) mass is 416 g/mol. The van der Waals surface area contributed by atoms with Crippen LogP contribution in [0.4, 0.5) is 0 Å². The molecule has 6 nitrogen and oxygen atoms in total. The second kappa shape index (κ2) is 8.75. The highest BCUT2D eigenvalue weighted by molar-refractivity contribution is 6.14. The molecule has 6 heteroatoms. The highest BCUT2D eigenvalue weighted by Crippen LogP contribution is 2.39. The number of fused-ring (bicyclic) bond motifs is 1. The van der Waals surface area contributed by atoms with Crippen molar-refractivity contribution in [2.45, 2.75) is 6.10 Å². The van der Waals surface area contributed by atoms with Crippen molar-refractivity contribution in [3.63, 3.8) is 0 Å². The van der Waals surface area contributed by atoms with E-state index in [0.717, 1.165) is 5.56 Å². The van der Waals surface area contributed by atoms with Gasteiger partial charge in [0.25, 0.3) is 0 Å². The Kier molecular flexibility index (Phi) is 5.71. The van der Waals surface area contributed by atoms with Crippen LogP contribution in [0.25, 0.3) is 6.08 Å². The number of para-hydroxylation sites is 1. The van der Waals surface area contributed by atoms with E-state index in [9.17, 15) is 9.59 Å². The number of aliphatic carboxylic acids is 1. The Hall–Kier alpha value is -4.06. The second-order valence-electron chi connectivity index (χ2n) is 6.93. The number of hydrogen-bond acceptors (Lipinski definition) is 5. The van der Waals surface area contributed by atoms with Gasteiger partial charge in [-0.1, -0.05) is 48.5 Å². The number of ketones is 1. The van der Waals surface area contributed by atoms with Crippen LogP contribution in [0.3, 0.4) is 0 Å². The summed E-state index contributed by atoms with van der Waals surface area (Å²) in [6.07, 6.45) is 1.21. The average Bonchev–Trinajstić information content (AvgIpc) is 2.80. The summed E-state index contributed by atoms with van der Waals surface area (Å²) in [7, 11) is 1.47. The largest absolute Gasteiger partial charge is 0.493 e.